The highest BCUT2D eigenvalue weighted by molar-refractivity contribution is 9.10. The van der Waals surface area contributed by atoms with Crippen LogP contribution >= 0.6 is 27.3 Å². The number of fused-ring (bicyclic) bond motifs is 1. The van der Waals surface area contributed by atoms with E-state index in [4.69, 9.17) is 5.73 Å². The maximum Gasteiger partial charge on any atom is 0.436 e. The summed E-state index contributed by atoms with van der Waals surface area (Å²) in [6.07, 6.45) is -8.45. The van der Waals surface area contributed by atoms with E-state index in [-0.39, 0.29) is 49.7 Å². The number of anilines is 1. The number of nitrogens with zero attached hydrogens (tertiary/aromatic N) is 3. The van der Waals surface area contributed by atoms with Crippen LogP contribution < -0.4 is 11.1 Å². The van der Waals surface area contributed by atoms with Crippen LogP contribution in [0.4, 0.5) is 32.0 Å². The van der Waals surface area contributed by atoms with Crippen molar-refractivity contribution in [3.63, 3.8) is 0 Å². The molecule has 2 amide bonds. The van der Waals surface area contributed by atoms with Gasteiger partial charge in [-0.25, -0.2) is 4.98 Å². The minimum absolute atomic E-state index is 0.0684. The molecular formula is C25H18BrF6N5O2S. The van der Waals surface area contributed by atoms with Crippen LogP contribution in [-0.4, -0.2) is 26.6 Å². The van der Waals surface area contributed by atoms with Gasteiger partial charge in [0.15, 0.2) is 5.69 Å². The molecule has 1 saturated carbocycles. The Morgan fingerprint density at radius 1 is 1.10 bits per heavy atom. The molecule has 0 atom stereocenters. The van der Waals surface area contributed by atoms with Gasteiger partial charge in [-0.2, -0.15) is 31.4 Å². The maximum absolute atomic E-state index is 13.6. The summed E-state index contributed by atoms with van der Waals surface area (Å²) in [6, 6.07) is 8.86. The number of halogens is 7. The van der Waals surface area contributed by atoms with Gasteiger partial charge in [0.25, 0.3) is 5.91 Å². The molecule has 0 unspecified atom stereocenters. The van der Waals surface area contributed by atoms with Gasteiger partial charge in [-0.1, -0.05) is 30.3 Å². The number of carbonyl (C=O) groups excluding carboxylic acids is 2. The van der Waals surface area contributed by atoms with Gasteiger partial charge in [0.05, 0.1) is 22.4 Å². The van der Waals surface area contributed by atoms with Crippen molar-refractivity contribution < 1.29 is 35.9 Å². The number of nitrogens with one attached hydrogen (secondary N) is 1. The molecule has 3 heterocycles. The van der Waals surface area contributed by atoms with Gasteiger partial charge in [-0.05, 0) is 46.0 Å². The molecule has 1 fully saturated rings. The van der Waals surface area contributed by atoms with E-state index in [9.17, 15) is 35.9 Å². The van der Waals surface area contributed by atoms with Gasteiger partial charge in [0.1, 0.15) is 15.4 Å². The smallest absolute Gasteiger partial charge is 0.365 e. The molecule has 5 rings (SSSR count). The minimum Gasteiger partial charge on any atom is -0.365 e. The van der Waals surface area contributed by atoms with Crippen molar-refractivity contribution in [2.24, 2.45) is 5.73 Å². The van der Waals surface area contributed by atoms with Crippen LogP contribution in [0.25, 0.3) is 21.3 Å². The SMILES string of the molecule is NC(=O)c1sc2nc(C(F)(F)F)cc(-c3ccccc3)c2c1NC(=O)CCn1nc(C(F)(F)F)c(Br)c1C1CC1. The Balaban J connectivity index is 1.52. The first-order valence-electron chi connectivity index (χ1n) is 11.8. The molecule has 7 nitrogen and oxygen atoms in total. The quantitative estimate of drug-likeness (QED) is 0.212. The van der Waals surface area contributed by atoms with Gasteiger partial charge in [-0.15, -0.1) is 11.3 Å². The predicted octanol–water partition coefficient (Wildman–Crippen LogP) is 6.97. The summed E-state index contributed by atoms with van der Waals surface area (Å²) in [6.45, 7) is -0.206. The average molecular weight is 646 g/mol. The Morgan fingerprint density at radius 3 is 2.35 bits per heavy atom. The van der Waals surface area contributed by atoms with Crippen LogP contribution in [0, 0.1) is 0 Å². The number of aryl methyl sites for hydroxylation is 1. The number of rotatable bonds is 7. The van der Waals surface area contributed by atoms with Crippen LogP contribution in [0.2, 0.25) is 0 Å². The molecule has 3 N–H and O–H groups in total. The summed E-state index contributed by atoms with van der Waals surface area (Å²) < 4.78 is 82.2. The standard InChI is InChI=1S/C25H18BrF6N5O2S/c26-17-19(12-6-7-12)37(36-21(17)25(30,31)32)9-8-15(38)35-18-16-13(11-4-2-1-3-5-11)10-14(24(27,28)29)34-23(16)40-20(18)22(33)39/h1-5,10,12H,6-9H2,(H2,33,39)(H,35,38). The van der Waals surface area contributed by atoms with E-state index in [2.05, 4.69) is 31.3 Å². The maximum atomic E-state index is 13.6. The summed E-state index contributed by atoms with van der Waals surface area (Å²) in [5.41, 5.74) is 3.89. The third kappa shape index (κ3) is 5.44. The molecule has 0 spiro atoms. The fourth-order valence-electron chi connectivity index (χ4n) is 4.34. The first-order valence-corrected chi connectivity index (χ1v) is 13.4. The number of amides is 2. The number of thiophene rings is 1. The third-order valence-electron chi connectivity index (χ3n) is 6.24. The largest absolute Gasteiger partial charge is 0.436 e. The number of carbonyl (C=O) groups is 2. The monoisotopic (exact) mass is 645 g/mol. The van der Waals surface area contributed by atoms with E-state index in [0.29, 0.717) is 35.4 Å². The average Bonchev–Trinajstić information content (AvgIpc) is 3.55. The number of hydrogen-bond donors (Lipinski definition) is 2. The predicted molar refractivity (Wildman–Crippen MR) is 139 cm³/mol. The second kappa shape index (κ2) is 10.2. The molecule has 0 bridgehead atoms. The van der Waals surface area contributed by atoms with Crippen LogP contribution in [-0.2, 0) is 23.7 Å². The summed E-state index contributed by atoms with van der Waals surface area (Å²) in [5, 5.41) is 6.30. The van der Waals surface area contributed by atoms with Crippen LogP contribution in [0.5, 0.6) is 0 Å². The lowest BCUT2D eigenvalue weighted by molar-refractivity contribution is -0.142. The molecular weight excluding hydrogens is 628 g/mol. The molecule has 1 aliphatic carbocycles. The first kappa shape index (κ1) is 28.1. The number of hydrogen-bond acceptors (Lipinski definition) is 5. The molecule has 0 aliphatic heterocycles. The summed E-state index contributed by atoms with van der Waals surface area (Å²) in [4.78, 5) is 28.6. The molecule has 1 aromatic carbocycles. The summed E-state index contributed by atoms with van der Waals surface area (Å²) in [7, 11) is 0. The molecule has 4 aromatic rings. The van der Waals surface area contributed by atoms with E-state index in [0.717, 1.165) is 10.7 Å². The van der Waals surface area contributed by atoms with Crippen molar-refractivity contribution in [2.75, 3.05) is 5.32 Å². The second-order valence-corrected chi connectivity index (χ2v) is 10.9. The highest BCUT2D eigenvalue weighted by Gasteiger charge is 2.42. The lowest BCUT2D eigenvalue weighted by atomic mass is 10.0. The molecule has 0 radical (unpaired) electrons. The fraction of sp³-hybridized carbons (Fsp3) is 0.280. The van der Waals surface area contributed by atoms with Crippen LogP contribution in [0.15, 0.2) is 40.9 Å². The first-order chi connectivity index (χ1) is 18.8. The number of primary amides is 1. The number of pyridine rings is 1. The molecule has 3 aromatic heterocycles. The lowest BCUT2D eigenvalue weighted by Gasteiger charge is -2.13. The highest BCUT2D eigenvalue weighted by Crippen LogP contribution is 2.47. The Hall–Kier alpha value is -3.46. The molecule has 210 valence electrons. The lowest BCUT2D eigenvalue weighted by Crippen LogP contribution is -2.19. The van der Waals surface area contributed by atoms with Crippen LogP contribution in [0.3, 0.4) is 0 Å². The van der Waals surface area contributed by atoms with Gasteiger partial charge < -0.3 is 11.1 Å². The van der Waals surface area contributed by atoms with Gasteiger partial charge in [0, 0.05) is 17.7 Å². The van der Waals surface area contributed by atoms with E-state index in [1.807, 2.05) is 0 Å². The Bertz CT molecular complexity index is 1630. The summed E-state index contributed by atoms with van der Waals surface area (Å²) >= 11 is 3.60. The topological polar surface area (TPSA) is 103 Å². The number of benzene rings is 1. The molecule has 1 aliphatic rings. The van der Waals surface area contributed by atoms with Crippen molar-refractivity contribution >= 4 is 55.0 Å². The fourth-order valence-corrected chi connectivity index (χ4v) is 6.18. The van der Waals surface area contributed by atoms with E-state index in [1.165, 1.54) is 0 Å². The van der Waals surface area contributed by atoms with Crippen molar-refractivity contribution in [1.29, 1.82) is 0 Å². The van der Waals surface area contributed by atoms with E-state index in [1.54, 1.807) is 30.3 Å². The van der Waals surface area contributed by atoms with Crippen LogP contribution in [0.1, 0.15) is 51.9 Å². The highest BCUT2D eigenvalue weighted by atomic mass is 79.9. The third-order valence-corrected chi connectivity index (χ3v) is 8.12. The molecule has 15 heteroatoms. The van der Waals surface area contributed by atoms with Gasteiger partial charge in [-0.3, -0.25) is 14.3 Å². The number of alkyl halides is 6. The number of nitrogens with two attached hydrogens (primary N) is 1. The Kier molecular flexibility index (Phi) is 7.15. The zero-order chi connectivity index (χ0) is 29.0. The van der Waals surface area contributed by atoms with Crippen molar-refractivity contribution in [3.05, 3.63) is 62.8 Å². The zero-order valence-corrected chi connectivity index (χ0v) is 22.6. The second-order valence-electron chi connectivity index (χ2n) is 9.11. The van der Waals surface area contributed by atoms with E-state index < -0.39 is 35.6 Å². The number of aromatic nitrogens is 3. The minimum atomic E-state index is -4.79. The van der Waals surface area contributed by atoms with Crippen molar-refractivity contribution in [3.8, 4) is 11.1 Å². The van der Waals surface area contributed by atoms with E-state index >= 15 is 0 Å². The Labute approximate surface area is 234 Å². The van der Waals surface area contributed by atoms with Gasteiger partial charge >= 0.3 is 12.4 Å². The van der Waals surface area contributed by atoms with Crippen molar-refractivity contribution in [2.45, 2.75) is 44.1 Å². The van der Waals surface area contributed by atoms with Gasteiger partial charge in [0.2, 0.25) is 5.91 Å². The Morgan fingerprint density at radius 2 is 1.77 bits per heavy atom. The molecule has 40 heavy (non-hydrogen) atoms. The van der Waals surface area contributed by atoms with Crippen molar-refractivity contribution in [1.82, 2.24) is 14.8 Å². The zero-order valence-electron chi connectivity index (χ0n) is 20.2. The molecule has 0 saturated heterocycles. The normalized spacial score (nSPS) is 14.1. The summed E-state index contributed by atoms with van der Waals surface area (Å²) in [5.74, 6) is -1.82.